The lowest BCUT2D eigenvalue weighted by Crippen LogP contribution is -2.07. The molecule has 4 aromatic carbocycles. The standard InChI is InChI=1S/C28H23N3O3/c32-26(18-20-8-2-1-3-9-20)29-30-27-24-12-6-7-13-25(24)31(28(27)33)16-17-34-23-15-14-21-10-4-5-11-22(21)19-23/h1-15,19,33H,16-18H2. The van der Waals surface area contributed by atoms with Crippen molar-refractivity contribution in [3.8, 4) is 11.6 Å². The molecule has 0 saturated carbocycles. The highest BCUT2D eigenvalue weighted by Gasteiger charge is 2.17. The number of aromatic nitrogens is 1. The van der Waals surface area contributed by atoms with Crippen LogP contribution in [0, 0.1) is 0 Å². The first-order valence-corrected chi connectivity index (χ1v) is 11.1. The van der Waals surface area contributed by atoms with Crippen molar-refractivity contribution in [2.75, 3.05) is 6.61 Å². The van der Waals surface area contributed by atoms with E-state index < -0.39 is 0 Å². The third kappa shape index (κ3) is 4.52. The van der Waals surface area contributed by atoms with Crippen molar-refractivity contribution in [2.45, 2.75) is 13.0 Å². The number of hydrogen-bond donors (Lipinski definition) is 1. The second-order valence-corrected chi connectivity index (χ2v) is 7.95. The molecule has 0 aliphatic rings. The molecule has 1 amide bonds. The molecule has 6 nitrogen and oxygen atoms in total. The molecule has 5 aromatic rings. The third-order valence-electron chi connectivity index (χ3n) is 5.68. The van der Waals surface area contributed by atoms with E-state index in [9.17, 15) is 9.90 Å². The molecule has 0 radical (unpaired) electrons. The number of hydrogen-bond acceptors (Lipinski definition) is 4. The van der Waals surface area contributed by atoms with Crippen molar-refractivity contribution in [1.29, 1.82) is 0 Å². The summed E-state index contributed by atoms with van der Waals surface area (Å²) in [7, 11) is 0. The van der Waals surface area contributed by atoms with Crippen molar-refractivity contribution < 1.29 is 14.6 Å². The highest BCUT2D eigenvalue weighted by Crippen LogP contribution is 2.38. The van der Waals surface area contributed by atoms with E-state index in [-0.39, 0.29) is 23.9 Å². The highest BCUT2D eigenvalue weighted by atomic mass is 16.5. The minimum atomic E-state index is -0.373. The molecule has 0 saturated heterocycles. The van der Waals surface area contributed by atoms with Gasteiger partial charge in [0.05, 0.1) is 18.5 Å². The second-order valence-electron chi connectivity index (χ2n) is 7.95. The van der Waals surface area contributed by atoms with Crippen LogP contribution in [0.1, 0.15) is 5.56 Å². The summed E-state index contributed by atoms with van der Waals surface area (Å²) >= 11 is 0. The zero-order chi connectivity index (χ0) is 23.3. The van der Waals surface area contributed by atoms with Gasteiger partial charge in [-0.05, 0) is 34.5 Å². The number of benzene rings is 4. The number of aromatic hydroxyl groups is 1. The number of ether oxygens (including phenoxy) is 1. The summed E-state index contributed by atoms with van der Waals surface area (Å²) in [6.45, 7) is 0.765. The molecule has 0 bridgehead atoms. The minimum Gasteiger partial charge on any atom is -0.493 e. The molecule has 0 aliphatic carbocycles. The quantitative estimate of drug-likeness (QED) is 0.291. The summed E-state index contributed by atoms with van der Waals surface area (Å²) in [5.41, 5.74) is 1.94. The average Bonchev–Trinajstić information content (AvgIpc) is 3.14. The van der Waals surface area contributed by atoms with Gasteiger partial charge in [-0.3, -0.25) is 4.79 Å². The maximum absolute atomic E-state index is 12.3. The van der Waals surface area contributed by atoms with Crippen LogP contribution in [0.3, 0.4) is 0 Å². The first kappa shape index (κ1) is 21.4. The number of rotatable bonds is 7. The third-order valence-corrected chi connectivity index (χ3v) is 5.68. The molecule has 168 valence electrons. The first-order chi connectivity index (χ1) is 16.7. The Kier molecular flexibility index (Phi) is 6.03. The molecule has 0 aliphatic heterocycles. The highest BCUT2D eigenvalue weighted by molar-refractivity contribution is 5.95. The fraction of sp³-hybridized carbons (Fsp3) is 0.107. The van der Waals surface area contributed by atoms with E-state index in [0.29, 0.717) is 13.2 Å². The Labute approximate surface area is 196 Å². The summed E-state index contributed by atoms with van der Waals surface area (Å²) in [6, 6.07) is 31.0. The Bertz CT molecular complexity index is 1490. The van der Waals surface area contributed by atoms with Crippen molar-refractivity contribution in [1.82, 2.24) is 4.57 Å². The zero-order valence-electron chi connectivity index (χ0n) is 18.5. The Morgan fingerprint density at radius 3 is 2.44 bits per heavy atom. The van der Waals surface area contributed by atoms with Gasteiger partial charge in [0, 0.05) is 5.39 Å². The van der Waals surface area contributed by atoms with Crippen molar-refractivity contribution in [2.24, 2.45) is 10.2 Å². The number of carbonyl (C=O) groups is 1. The number of amides is 1. The Hall–Kier alpha value is -4.45. The SMILES string of the molecule is O=C(Cc1ccccc1)N=Nc1c(O)n(CCOc2ccc3ccccc3c2)c2ccccc12. The topological polar surface area (TPSA) is 76.2 Å². The Morgan fingerprint density at radius 2 is 1.59 bits per heavy atom. The molecule has 0 fully saturated rings. The van der Waals surface area contributed by atoms with Gasteiger partial charge in [-0.1, -0.05) is 78.9 Å². The van der Waals surface area contributed by atoms with E-state index >= 15 is 0 Å². The number of para-hydroxylation sites is 1. The van der Waals surface area contributed by atoms with Gasteiger partial charge in [0.1, 0.15) is 12.4 Å². The van der Waals surface area contributed by atoms with Crippen LogP contribution in [0.2, 0.25) is 0 Å². The van der Waals surface area contributed by atoms with E-state index in [0.717, 1.165) is 33.0 Å². The summed E-state index contributed by atoms with van der Waals surface area (Å²) in [4.78, 5) is 12.3. The van der Waals surface area contributed by atoms with Crippen LogP contribution in [0.4, 0.5) is 5.69 Å². The summed E-state index contributed by atoms with van der Waals surface area (Å²) in [5.74, 6) is 0.350. The van der Waals surface area contributed by atoms with Crippen molar-refractivity contribution in [3.05, 3.63) is 103 Å². The maximum atomic E-state index is 12.3. The van der Waals surface area contributed by atoms with Gasteiger partial charge in [0.15, 0.2) is 5.69 Å². The van der Waals surface area contributed by atoms with Crippen LogP contribution in [0.5, 0.6) is 11.6 Å². The number of fused-ring (bicyclic) bond motifs is 2. The molecule has 6 heteroatoms. The molecule has 1 heterocycles. The van der Waals surface area contributed by atoms with Gasteiger partial charge in [-0.2, -0.15) is 0 Å². The largest absolute Gasteiger partial charge is 0.493 e. The van der Waals surface area contributed by atoms with Gasteiger partial charge in [-0.15, -0.1) is 10.2 Å². The Balaban J connectivity index is 1.33. The molecule has 1 aromatic heterocycles. The van der Waals surface area contributed by atoms with Crippen LogP contribution < -0.4 is 4.74 Å². The molecule has 34 heavy (non-hydrogen) atoms. The molecule has 0 spiro atoms. The van der Waals surface area contributed by atoms with Gasteiger partial charge in [-0.25, -0.2) is 0 Å². The fourth-order valence-electron chi connectivity index (χ4n) is 4.02. The van der Waals surface area contributed by atoms with Crippen LogP contribution >= 0.6 is 0 Å². The lowest BCUT2D eigenvalue weighted by molar-refractivity contribution is -0.117. The summed E-state index contributed by atoms with van der Waals surface area (Å²) < 4.78 is 7.68. The normalized spacial score (nSPS) is 11.4. The summed E-state index contributed by atoms with van der Waals surface area (Å²) in [5, 5.41) is 21.8. The van der Waals surface area contributed by atoms with Crippen molar-refractivity contribution in [3.63, 3.8) is 0 Å². The lowest BCUT2D eigenvalue weighted by atomic mass is 10.1. The molecular formula is C28H23N3O3. The van der Waals surface area contributed by atoms with E-state index in [2.05, 4.69) is 16.3 Å². The lowest BCUT2D eigenvalue weighted by Gasteiger charge is -2.10. The van der Waals surface area contributed by atoms with Gasteiger partial charge < -0.3 is 14.4 Å². The predicted octanol–water partition coefficient (Wildman–Crippen LogP) is 6.43. The Morgan fingerprint density at radius 1 is 0.853 bits per heavy atom. The van der Waals surface area contributed by atoms with Gasteiger partial charge in [0.25, 0.3) is 5.91 Å². The van der Waals surface area contributed by atoms with Gasteiger partial charge >= 0.3 is 0 Å². The van der Waals surface area contributed by atoms with E-state index in [4.69, 9.17) is 4.74 Å². The van der Waals surface area contributed by atoms with Crippen molar-refractivity contribution >= 4 is 33.3 Å². The van der Waals surface area contributed by atoms with Crippen LogP contribution in [0.25, 0.3) is 21.7 Å². The molecule has 1 N–H and O–H groups in total. The number of carbonyl (C=O) groups excluding carboxylic acids is 1. The molecule has 5 rings (SSSR count). The van der Waals surface area contributed by atoms with Crippen LogP contribution in [0.15, 0.2) is 107 Å². The summed E-state index contributed by atoms with van der Waals surface area (Å²) in [6.07, 6.45) is 0.156. The average molecular weight is 450 g/mol. The van der Waals surface area contributed by atoms with E-state index in [1.54, 1.807) is 4.57 Å². The predicted molar refractivity (Wildman–Crippen MR) is 133 cm³/mol. The smallest absolute Gasteiger partial charge is 0.269 e. The minimum absolute atomic E-state index is 0.0421. The number of azo groups is 1. The van der Waals surface area contributed by atoms with Crippen LogP contribution in [-0.4, -0.2) is 22.2 Å². The maximum Gasteiger partial charge on any atom is 0.269 e. The molecule has 0 unspecified atom stereocenters. The fourth-order valence-corrected chi connectivity index (χ4v) is 4.02. The molecular weight excluding hydrogens is 426 g/mol. The van der Waals surface area contributed by atoms with E-state index in [1.807, 2.05) is 91.0 Å². The van der Waals surface area contributed by atoms with Crippen LogP contribution in [-0.2, 0) is 17.8 Å². The van der Waals surface area contributed by atoms with E-state index in [1.165, 1.54) is 0 Å². The van der Waals surface area contributed by atoms with Gasteiger partial charge in [0.2, 0.25) is 5.88 Å². The monoisotopic (exact) mass is 449 g/mol. The molecule has 0 atom stereocenters. The first-order valence-electron chi connectivity index (χ1n) is 11.1. The number of nitrogens with zero attached hydrogens (tertiary/aromatic N) is 3. The second kappa shape index (κ2) is 9.58. The zero-order valence-corrected chi connectivity index (χ0v) is 18.5.